The normalized spacial score (nSPS) is 10.2. The summed E-state index contributed by atoms with van der Waals surface area (Å²) in [6, 6.07) is 28.9. The number of phenolic OH excluding ortho intramolecular Hbond substituents is 1. The van der Waals surface area contributed by atoms with Crippen LogP contribution in [0.4, 0.5) is 10.5 Å². The fraction of sp³-hybridized carbons (Fsp3) is 0. The van der Waals surface area contributed by atoms with Gasteiger partial charge in [-0.1, -0.05) is 48.5 Å². The van der Waals surface area contributed by atoms with Crippen LogP contribution in [0.1, 0.15) is 10.4 Å². The second-order valence-electron chi connectivity index (χ2n) is 6.87. The van der Waals surface area contributed by atoms with Crippen molar-refractivity contribution in [3.63, 3.8) is 0 Å². The summed E-state index contributed by atoms with van der Waals surface area (Å²) < 4.78 is 10.6. The molecule has 158 valence electrons. The monoisotopic (exact) mass is 425 g/mol. The molecule has 0 fully saturated rings. The number of hydrogen-bond donors (Lipinski definition) is 2. The quantitative estimate of drug-likeness (QED) is 0.308. The number of benzene rings is 4. The second-order valence-corrected chi connectivity index (χ2v) is 6.87. The van der Waals surface area contributed by atoms with Gasteiger partial charge in [0.15, 0.2) is 0 Å². The highest BCUT2D eigenvalue weighted by Crippen LogP contribution is 2.23. The van der Waals surface area contributed by atoms with Crippen LogP contribution in [0.15, 0.2) is 103 Å². The van der Waals surface area contributed by atoms with Gasteiger partial charge in [-0.15, -0.1) is 0 Å². The maximum Gasteiger partial charge on any atom is 0.417 e. The zero-order chi connectivity index (χ0) is 22.3. The predicted octanol–water partition coefficient (Wildman–Crippen LogP) is 5.89. The Labute approximate surface area is 184 Å². The van der Waals surface area contributed by atoms with Crippen LogP contribution in [0.25, 0.3) is 11.1 Å². The maximum absolute atomic E-state index is 12.5. The molecule has 0 unspecified atom stereocenters. The fourth-order valence-electron chi connectivity index (χ4n) is 2.99. The minimum Gasteiger partial charge on any atom is -0.508 e. The van der Waals surface area contributed by atoms with E-state index in [4.69, 9.17) is 9.47 Å². The number of ether oxygens (including phenoxy) is 2. The van der Waals surface area contributed by atoms with Gasteiger partial charge in [-0.2, -0.15) is 0 Å². The Balaban J connectivity index is 1.39. The second kappa shape index (κ2) is 9.49. The molecule has 0 heterocycles. The maximum atomic E-state index is 12.5. The predicted molar refractivity (Wildman–Crippen MR) is 121 cm³/mol. The highest BCUT2D eigenvalue weighted by Gasteiger charge is 2.11. The van der Waals surface area contributed by atoms with Crippen LogP contribution >= 0.6 is 0 Å². The van der Waals surface area contributed by atoms with E-state index in [1.54, 1.807) is 91.0 Å². The fourth-order valence-corrected chi connectivity index (χ4v) is 2.99. The Hall–Kier alpha value is -4.58. The van der Waals surface area contributed by atoms with E-state index >= 15 is 0 Å². The largest absolute Gasteiger partial charge is 0.508 e. The van der Waals surface area contributed by atoms with Crippen molar-refractivity contribution in [1.82, 2.24) is 0 Å². The van der Waals surface area contributed by atoms with Crippen molar-refractivity contribution in [2.24, 2.45) is 0 Å². The molecule has 0 saturated carbocycles. The van der Waals surface area contributed by atoms with Gasteiger partial charge in [-0.25, -0.2) is 9.59 Å². The van der Waals surface area contributed by atoms with Crippen LogP contribution in [-0.2, 0) is 0 Å². The molecule has 0 radical (unpaired) electrons. The Bertz CT molecular complexity index is 1220. The number of carbonyl (C=O) groups is 2. The van der Waals surface area contributed by atoms with Crippen molar-refractivity contribution < 1.29 is 24.2 Å². The van der Waals surface area contributed by atoms with Crippen LogP contribution in [0.5, 0.6) is 17.2 Å². The summed E-state index contributed by atoms with van der Waals surface area (Å²) in [6.07, 6.45) is -0.649. The molecule has 0 aliphatic carbocycles. The molecule has 4 rings (SSSR count). The summed E-state index contributed by atoms with van der Waals surface area (Å²) in [4.78, 5) is 24.6. The first-order valence-corrected chi connectivity index (χ1v) is 9.82. The Kier molecular flexibility index (Phi) is 6.13. The Morgan fingerprint density at radius 2 is 1.28 bits per heavy atom. The first kappa shape index (κ1) is 20.7. The zero-order valence-electron chi connectivity index (χ0n) is 16.9. The molecule has 0 saturated heterocycles. The van der Waals surface area contributed by atoms with Crippen LogP contribution < -0.4 is 14.8 Å². The van der Waals surface area contributed by atoms with Gasteiger partial charge in [0, 0.05) is 11.8 Å². The highest BCUT2D eigenvalue weighted by atomic mass is 16.6. The van der Waals surface area contributed by atoms with Crippen molar-refractivity contribution in [2.45, 2.75) is 0 Å². The average Bonchev–Trinajstić information content (AvgIpc) is 2.80. The molecule has 6 nitrogen and oxygen atoms in total. The van der Waals surface area contributed by atoms with Gasteiger partial charge in [0.1, 0.15) is 17.2 Å². The molecule has 6 heteroatoms. The number of hydrogen-bond acceptors (Lipinski definition) is 5. The topological polar surface area (TPSA) is 84.9 Å². The number of amides is 1. The minimum absolute atomic E-state index is 0.194. The van der Waals surface area contributed by atoms with E-state index in [2.05, 4.69) is 5.32 Å². The SMILES string of the molecule is O=C(Nc1cccc(OC(=O)c2ccc(-c3ccc(O)cc3)cc2)c1)Oc1ccccc1. The lowest BCUT2D eigenvalue weighted by molar-refractivity contribution is 0.0735. The Morgan fingerprint density at radius 1 is 0.656 bits per heavy atom. The van der Waals surface area contributed by atoms with E-state index in [1.165, 1.54) is 6.07 Å². The van der Waals surface area contributed by atoms with E-state index in [-0.39, 0.29) is 11.5 Å². The summed E-state index contributed by atoms with van der Waals surface area (Å²) in [5.41, 5.74) is 2.64. The van der Waals surface area contributed by atoms with E-state index in [9.17, 15) is 14.7 Å². The summed E-state index contributed by atoms with van der Waals surface area (Å²) in [5.74, 6) is 0.378. The number of rotatable bonds is 5. The number of esters is 1. The van der Waals surface area contributed by atoms with Crippen LogP contribution in [0, 0.1) is 0 Å². The lowest BCUT2D eigenvalue weighted by atomic mass is 10.0. The smallest absolute Gasteiger partial charge is 0.417 e. The molecular formula is C26H19NO5. The number of nitrogens with one attached hydrogen (secondary N) is 1. The standard InChI is InChI=1S/C26H19NO5/c28-22-15-13-19(14-16-22)18-9-11-20(12-10-18)25(29)31-24-8-4-5-21(17-24)27-26(30)32-23-6-2-1-3-7-23/h1-17,28H,(H,27,30). The molecule has 0 atom stereocenters. The molecule has 4 aromatic rings. The lowest BCUT2D eigenvalue weighted by Gasteiger charge is -2.09. The average molecular weight is 425 g/mol. The molecule has 1 amide bonds. The van der Waals surface area contributed by atoms with Gasteiger partial charge < -0.3 is 14.6 Å². The van der Waals surface area contributed by atoms with Crippen molar-refractivity contribution in [3.8, 4) is 28.4 Å². The molecule has 0 aliphatic rings. The third-order valence-corrected chi connectivity index (χ3v) is 4.57. The van der Waals surface area contributed by atoms with E-state index in [1.807, 2.05) is 6.07 Å². The van der Waals surface area contributed by atoms with Crippen molar-refractivity contribution in [1.29, 1.82) is 0 Å². The van der Waals surface area contributed by atoms with Crippen molar-refractivity contribution in [2.75, 3.05) is 5.32 Å². The molecular weight excluding hydrogens is 406 g/mol. The highest BCUT2D eigenvalue weighted by molar-refractivity contribution is 5.92. The number of para-hydroxylation sites is 1. The van der Waals surface area contributed by atoms with Crippen LogP contribution in [0.2, 0.25) is 0 Å². The summed E-state index contributed by atoms with van der Waals surface area (Å²) in [7, 11) is 0. The van der Waals surface area contributed by atoms with E-state index in [0.29, 0.717) is 17.0 Å². The number of phenols is 1. The van der Waals surface area contributed by atoms with Gasteiger partial charge in [0.25, 0.3) is 0 Å². The molecule has 0 aromatic heterocycles. The molecule has 0 spiro atoms. The van der Waals surface area contributed by atoms with Crippen molar-refractivity contribution in [3.05, 3.63) is 109 Å². The molecule has 4 aromatic carbocycles. The lowest BCUT2D eigenvalue weighted by Crippen LogP contribution is -2.16. The van der Waals surface area contributed by atoms with Crippen LogP contribution in [0.3, 0.4) is 0 Å². The van der Waals surface area contributed by atoms with Gasteiger partial charge >= 0.3 is 12.1 Å². The molecule has 2 N–H and O–H groups in total. The van der Waals surface area contributed by atoms with E-state index in [0.717, 1.165) is 11.1 Å². The summed E-state index contributed by atoms with van der Waals surface area (Å²) >= 11 is 0. The summed E-state index contributed by atoms with van der Waals surface area (Å²) in [5, 5.41) is 12.0. The summed E-state index contributed by atoms with van der Waals surface area (Å²) in [6.45, 7) is 0. The zero-order valence-corrected chi connectivity index (χ0v) is 16.9. The minimum atomic E-state index is -0.649. The number of anilines is 1. The number of carbonyl (C=O) groups excluding carboxylic acids is 2. The van der Waals surface area contributed by atoms with Gasteiger partial charge in [0.2, 0.25) is 0 Å². The molecule has 0 bridgehead atoms. The first-order valence-electron chi connectivity index (χ1n) is 9.82. The molecule has 0 aliphatic heterocycles. The van der Waals surface area contributed by atoms with Crippen molar-refractivity contribution >= 4 is 17.7 Å². The van der Waals surface area contributed by atoms with E-state index < -0.39 is 12.1 Å². The Morgan fingerprint density at radius 3 is 1.97 bits per heavy atom. The van der Waals surface area contributed by atoms with Crippen LogP contribution in [-0.4, -0.2) is 17.2 Å². The number of aromatic hydroxyl groups is 1. The third-order valence-electron chi connectivity index (χ3n) is 4.57. The van der Waals surface area contributed by atoms with Gasteiger partial charge in [-0.3, -0.25) is 5.32 Å². The van der Waals surface area contributed by atoms with Gasteiger partial charge in [0.05, 0.1) is 5.56 Å². The van der Waals surface area contributed by atoms with Gasteiger partial charge in [-0.05, 0) is 59.7 Å². The third kappa shape index (κ3) is 5.31. The first-order chi connectivity index (χ1) is 15.6. The molecule has 32 heavy (non-hydrogen) atoms.